The van der Waals surface area contributed by atoms with Crippen molar-refractivity contribution in [2.24, 2.45) is 0 Å². The molecular weight excluding hydrogens is 520 g/mol. The zero-order valence-corrected chi connectivity index (χ0v) is 23.1. The molecule has 0 saturated carbocycles. The quantitative estimate of drug-likeness (QED) is 0.187. The van der Waals surface area contributed by atoms with Crippen LogP contribution in [0.3, 0.4) is 0 Å². The fourth-order valence-corrected chi connectivity index (χ4v) is 6.26. The third-order valence-corrected chi connectivity index (χ3v) is 7.93. The van der Waals surface area contributed by atoms with Crippen molar-refractivity contribution in [1.29, 1.82) is 0 Å². The average molecular weight is 551 g/mol. The Bertz CT molecular complexity index is 1930. The Hall–Kier alpha value is -4.90. The van der Waals surface area contributed by atoms with Gasteiger partial charge in [0.2, 0.25) is 0 Å². The molecular formula is C38H30O4. The summed E-state index contributed by atoms with van der Waals surface area (Å²) in [6.07, 6.45) is 0. The molecule has 0 aliphatic carbocycles. The average Bonchev–Trinajstić information content (AvgIpc) is 3.05. The van der Waals surface area contributed by atoms with Crippen LogP contribution >= 0.6 is 0 Å². The molecule has 0 spiro atoms. The van der Waals surface area contributed by atoms with Crippen LogP contribution in [0.1, 0.15) is 0 Å². The molecule has 0 aliphatic rings. The maximum absolute atomic E-state index is 9.42. The molecule has 42 heavy (non-hydrogen) atoms. The van der Waals surface area contributed by atoms with E-state index in [0.717, 1.165) is 55.3 Å². The number of hydrogen-bond acceptors (Lipinski definition) is 4. The van der Waals surface area contributed by atoms with Crippen molar-refractivity contribution in [2.45, 2.75) is 0 Å². The zero-order valence-electron chi connectivity index (χ0n) is 23.1. The van der Waals surface area contributed by atoms with E-state index in [1.54, 1.807) is 0 Å². The second-order valence-electron chi connectivity index (χ2n) is 10.3. The van der Waals surface area contributed by atoms with Gasteiger partial charge in [-0.1, -0.05) is 109 Å². The van der Waals surface area contributed by atoms with Gasteiger partial charge in [-0.3, -0.25) is 0 Å². The van der Waals surface area contributed by atoms with E-state index in [4.69, 9.17) is 9.47 Å². The molecule has 7 rings (SSSR count). The number of ether oxygens (including phenoxy) is 2. The first kappa shape index (κ1) is 26.0. The maximum atomic E-state index is 9.42. The molecule has 206 valence electrons. The lowest BCUT2D eigenvalue weighted by molar-refractivity contribution is 0.203. The lowest BCUT2D eigenvalue weighted by atomic mass is 9.82. The lowest BCUT2D eigenvalue weighted by Gasteiger charge is -2.21. The van der Waals surface area contributed by atoms with Crippen LogP contribution in [0, 0.1) is 0 Å². The predicted octanol–water partition coefficient (Wildman–Crippen LogP) is 8.38. The minimum atomic E-state index is -0.0410. The number of hydrogen-bond donors (Lipinski definition) is 2. The summed E-state index contributed by atoms with van der Waals surface area (Å²) >= 11 is 0. The Kier molecular flexibility index (Phi) is 6.92. The molecule has 2 N–H and O–H groups in total. The van der Waals surface area contributed by atoms with Crippen LogP contribution in [0.2, 0.25) is 0 Å². The highest BCUT2D eigenvalue weighted by Gasteiger charge is 2.21. The number of benzene rings is 7. The van der Waals surface area contributed by atoms with Crippen molar-refractivity contribution in [3.8, 4) is 33.8 Å². The first-order valence-corrected chi connectivity index (χ1v) is 14.2. The van der Waals surface area contributed by atoms with Crippen molar-refractivity contribution in [3.05, 3.63) is 121 Å². The minimum absolute atomic E-state index is 0.0410. The highest BCUT2D eigenvalue weighted by Crippen LogP contribution is 2.48. The van der Waals surface area contributed by atoms with E-state index < -0.39 is 0 Å². The lowest BCUT2D eigenvalue weighted by Crippen LogP contribution is -2.02. The first-order chi connectivity index (χ1) is 20.8. The summed E-state index contributed by atoms with van der Waals surface area (Å²) in [6, 6.07) is 42.2. The highest BCUT2D eigenvalue weighted by atomic mass is 16.5. The van der Waals surface area contributed by atoms with E-state index in [0.29, 0.717) is 0 Å². The Morgan fingerprint density at radius 1 is 0.357 bits per heavy atom. The molecule has 7 aromatic rings. The van der Waals surface area contributed by atoms with E-state index in [1.807, 2.05) is 24.3 Å². The van der Waals surface area contributed by atoms with Crippen molar-refractivity contribution in [3.63, 3.8) is 0 Å². The molecule has 0 radical (unpaired) electrons. The Balaban J connectivity index is 1.63. The van der Waals surface area contributed by atoms with Crippen LogP contribution in [-0.2, 0) is 0 Å². The predicted molar refractivity (Wildman–Crippen MR) is 172 cm³/mol. The molecule has 0 saturated heterocycles. The van der Waals surface area contributed by atoms with Crippen LogP contribution in [0.5, 0.6) is 11.5 Å². The fraction of sp³-hybridized carbons (Fsp3) is 0.105. The van der Waals surface area contributed by atoms with Gasteiger partial charge in [0.15, 0.2) is 0 Å². The Morgan fingerprint density at radius 3 is 1.14 bits per heavy atom. The Labute approximate surface area is 244 Å². The molecule has 7 aromatic carbocycles. The maximum Gasteiger partial charge on any atom is 0.127 e. The first-order valence-electron chi connectivity index (χ1n) is 14.2. The third-order valence-electron chi connectivity index (χ3n) is 7.93. The molecule has 0 amide bonds. The second-order valence-corrected chi connectivity index (χ2v) is 10.3. The molecule has 0 fully saturated rings. The van der Waals surface area contributed by atoms with Gasteiger partial charge in [0.05, 0.1) is 13.2 Å². The summed E-state index contributed by atoms with van der Waals surface area (Å²) in [5.41, 5.74) is 4.54. The van der Waals surface area contributed by atoms with Crippen molar-refractivity contribution < 1.29 is 19.7 Å². The Morgan fingerprint density at radius 2 is 0.714 bits per heavy atom. The van der Waals surface area contributed by atoms with Gasteiger partial charge in [-0.25, -0.2) is 0 Å². The zero-order chi connectivity index (χ0) is 28.5. The smallest absolute Gasteiger partial charge is 0.127 e. The SMILES string of the molecule is OCCOc1cccc2c(-c3c(-c4cccc5c(OCCO)cccc45)c4ccccc4c4ccccc34)cccc12. The molecule has 0 heterocycles. The topological polar surface area (TPSA) is 58.9 Å². The summed E-state index contributed by atoms with van der Waals surface area (Å²) in [7, 11) is 0. The van der Waals surface area contributed by atoms with Gasteiger partial charge in [-0.05, 0) is 66.7 Å². The number of aliphatic hydroxyl groups is 2. The molecule has 0 unspecified atom stereocenters. The van der Waals surface area contributed by atoms with Crippen LogP contribution in [0.25, 0.3) is 65.3 Å². The van der Waals surface area contributed by atoms with Gasteiger partial charge in [0.25, 0.3) is 0 Å². The summed E-state index contributed by atoms with van der Waals surface area (Å²) in [4.78, 5) is 0. The summed E-state index contributed by atoms with van der Waals surface area (Å²) in [5, 5.41) is 27.8. The van der Waals surface area contributed by atoms with E-state index in [1.165, 1.54) is 21.5 Å². The van der Waals surface area contributed by atoms with E-state index in [-0.39, 0.29) is 26.4 Å². The van der Waals surface area contributed by atoms with Gasteiger partial charge in [0.1, 0.15) is 24.7 Å². The second kappa shape index (κ2) is 11.2. The van der Waals surface area contributed by atoms with E-state index >= 15 is 0 Å². The number of fused-ring (bicyclic) bond motifs is 5. The van der Waals surface area contributed by atoms with Gasteiger partial charge < -0.3 is 19.7 Å². The van der Waals surface area contributed by atoms with Gasteiger partial charge in [-0.2, -0.15) is 0 Å². The number of aliphatic hydroxyl groups excluding tert-OH is 2. The highest BCUT2D eigenvalue weighted by molar-refractivity contribution is 6.25. The standard InChI is InChI=1S/C38H30O4/c39-21-23-41-35-19-7-13-27-29(35)15-5-17-33(27)37-31-11-3-1-9-25(31)26-10-2-4-12-32(26)38(37)34-18-6-16-30-28(34)14-8-20-36(30)42-24-22-40/h1-20,39-40H,21-24H2. The van der Waals surface area contributed by atoms with Crippen LogP contribution in [-0.4, -0.2) is 36.6 Å². The monoisotopic (exact) mass is 550 g/mol. The van der Waals surface area contributed by atoms with Gasteiger partial charge in [-0.15, -0.1) is 0 Å². The molecule has 0 bridgehead atoms. The van der Waals surface area contributed by atoms with Crippen LogP contribution in [0.4, 0.5) is 0 Å². The molecule has 0 aromatic heterocycles. The molecule has 0 atom stereocenters. The number of rotatable bonds is 8. The van der Waals surface area contributed by atoms with Crippen molar-refractivity contribution >= 4 is 43.1 Å². The largest absolute Gasteiger partial charge is 0.491 e. The van der Waals surface area contributed by atoms with Gasteiger partial charge in [0, 0.05) is 10.8 Å². The fourth-order valence-electron chi connectivity index (χ4n) is 6.26. The molecule has 4 nitrogen and oxygen atoms in total. The van der Waals surface area contributed by atoms with Crippen LogP contribution < -0.4 is 9.47 Å². The molecule has 4 heteroatoms. The third kappa shape index (κ3) is 4.33. The normalized spacial score (nSPS) is 11.5. The summed E-state index contributed by atoms with van der Waals surface area (Å²) in [5.74, 6) is 1.51. The van der Waals surface area contributed by atoms with Gasteiger partial charge >= 0.3 is 0 Å². The summed E-state index contributed by atoms with van der Waals surface area (Å²) < 4.78 is 11.9. The van der Waals surface area contributed by atoms with Crippen LogP contribution in [0.15, 0.2) is 121 Å². The minimum Gasteiger partial charge on any atom is -0.491 e. The summed E-state index contributed by atoms with van der Waals surface area (Å²) in [6.45, 7) is 0.398. The van der Waals surface area contributed by atoms with E-state index in [2.05, 4.69) is 97.1 Å². The van der Waals surface area contributed by atoms with Crippen molar-refractivity contribution in [1.82, 2.24) is 0 Å². The van der Waals surface area contributed by atoms with E-state index in [9.17, 15) is 10.2 Å². The molecule has 0 aliphatic heterocycles. The van der Waals surface area contributed by atoms with Crippen molar-refractivity contribution in [2.75, 3.05) is 26.4 Å².